The van der Waals surface area contributed by atoms with Gasteiger partial charge in [-0.2, -0.15) is 0 Å². The number of hydrogen-bond donors (Lipinski definition) is 0. The van der Waals surface area contributed by atoms with E-state index in [0.29, 0.717) is 5.75 Å². The molecule has 0 N–H and O–H groups in total. The van der Waals surface area contributed by atoms with Crippen LogP contribution in [0.5, 0.6) is 5.75 Å². The summed E-state index contributed by atoms with van der Waals surface area (Å²) in [5, 5.41) is 11.7. The van der Waals surface area contributed by atoms with Crippen LogP contribution < -0.4 is 39.4 Å². The Balaban J connectivity index is 0.00000387. The first-order valence-corrected chi connectivity index (χ1v) is 13.9. The zero-order valence-electron chi connectivity index (χ0n) is 23.8. The Bertz CT molecular complexity index is 1530. The average molecular weight is 552 g/mol. The Hall–Kier alpha value is -3.57. The summed E-state index contributed by atoms with van der Waals surface area (Å²) in [4.78, 5) is 11.7. The van der Waals surface area contributed by atoms with Crippen LogP contribution in [0.3, 0.4) is 0 Å². The van der Waals surface area contributed by atoms with E-state index >= 15 is 0 Å². The number of carbonyl (C=O) groups is 1. The number of nitrogens with zero attached hydrogens (tertiary/aromatic N) is 1. The monoisotopic (exact) mass is 551 g/mol. The smallest absolute Gasteiger partial charge is 0.546 e. The van der Waals surface area contributed by atoms with Gasteiger partial charge in [-0.25, -0.2) is 0 Å². The number of hydrogen-bond acceptors (Lipinski definition) is 3. The number of ether oxygens (including phenoxy) is 1. The van der Waals surface area contributed by atoms with Crippen LogP contribution in [-0.4, -0.2) is 16.6 Å². The molecule has 1 heterocycles. The van der Waals surface area contributed by atoms with Crippen molar-refractivity contribution < 1.29 is 44.2 Å². The standard InChI is InChI=1S/C36H35NO3.Na/c1-27-16-20-32(21-19-31-14-8-9-15-34(31)30-12-6-3-7-13-30)37(27)25-24-28-17-22-33(23-18-28)40-35(36(38)39)26-29-10-4-2-5-11-29;/h2-18,20,22-23,35H,19,21,24-26H2,1H3,(H,38,39);/q;+1/p-1/t35-;/m1./s1. The number of benzene rings is 4. The zero-order chi connectivity index (χ0) is 27.7. The van der Waals surface area contributed by atoms with E-state index in [9.17, 15) is 9.90 Å². The predicted octanol–water partition coefficient (Wildman–Crippen LogP) is 3.24. The molecule has 0 aliphatic carbocycles. The Morgan fingerprint density at radius 2 is 1.39 bits per heavy atom. The molecule has 0 amide bonds. The van der Waals surface area contributed by atoms with Crippen LogP contribution in [0.2, 0.25) is 0 Å². The number of carbonyl (C=O) groups excluding carboxylic acids is 1. The summed E-state index contributed by atoms with van der Waals surface area (Å²) in [5.74, 6) is -0.682. The SMILES string of the molecule is Cc1ccc(CCc2ccccc2-c2ccccc2)n1CCc1ccc(O[C@H](Cc2ccccc2)C(=O)[O-])cc1.[Na+]. The van der Waals surface area contributed by atoms with Crippen molar-refractivity contribution in [2.45, 2.75) is 45.3 Å². The summed E-state index contributed by atoms with van der Waals surface area (Å²) >= 11 is 0. The molecule has 202 valence electrons. The van der Waals surface area contributed by atoms with Crippen molar-refractivity contribution in [2.24, 2.45) is 0 Å². The van der Waals surface area contributed by atoms with Crippen LogP contribution >= 0.6 is 0 Å². The molecule has 0 fully saturated rings. The normalized spacial score (nSPS) is 11.4. The quantitative estimate of drug-likeness (QED) is 0.224. The molecule has 5 rings (SSSR count). The van der Waals surface area contributed by atoms with Gasteiger partial charge in [-0.05, 0) is 78.3 Å². The fraction of sp³-hybridized carbons (Fsp3) is 0.194. The molecule has 4 nitrogen and oxygen atoms in total. The van der Waals surface area contributed by atoms with Crippen molar-refractivity contribution in [1.82, 2.24) is 4.57 Å². The summed E-state index contributed by atoms with van der Waals surface area (Å²) in [5.41, 5.74) is 8.57. The number of carboxylic acid groups (broad SMARTS) is 1. The van der Waals surface area contributed by atoms with Crippen molar-refractivity contribution in [3.63, 3.8) is 0 Å². The van der Waals surface area contributed by atoms with Gasteiger partial charge in [-0.15, -0.1) is 0 Å². The number of carboxylic acids is 1. The minimum atomic E-state index is -1.21. The molecule has 0 unspecified atom stereocenters. The van der Waals surface area contributed by atoms with Gasteiger partial charge in [0.15, 0.2) is 0 Å². The summed E-state index contributed by atoms with van der Waals surface area (Å²) in [6, 6.07) is 40.9. The Morgan fingerprint density at radius 3 is 2.10 bits per heavy atom. The Morgan fingerprint density at radius 1 is 0.732 bits per heavy atom. The van der Waals surface area contributed by atoms with Crippen LogP contribution in [0.25, 0.3) is 11.1 Å². The minimum absolute atomic E-state index is 0. The molecule has 0 saturated heterocycles. The fourth-order valence-corrected chi connectivity index (χ4v) is 5.20. The van der Waals surface area contributed by atoms with Gasteiger partial charge in [0, 0.05) is 24.4 Å². The molecule has 0 aliphatic heterocycles. The fourth-order valence-electron chi connectivity index (χ4n) is 5.20. The number of aryl methyl sites for hydroxylation is 4. The maximum absolute atomic E-state index is 11.7. The second-order valence-corrected chi connectivity index (χ2v) is 10.2. The van der Waals surface area contributed by atoms with E-state index in [1.54, 1.807) is 0 Å². The van der Waals surface area contributed by atoms with E-state index < -0.39 is 12.1 Å². The van der Waals surface area contributed by atoms with Gasteiger partial charge in [-0.1, -0.05) is 97.1 Å². The van der Waals surface area contributed by atoms with E-state index in [2.05, 4.69) is 78.2 Å². The first kappa shape index (κ1) is 30.4. The molecule has 1 atom stereocenters. The topological polar surface area (TPSA) is 54.3 Å². The zero-order valence-corrected chi connectivity index (χ0v) is 25.8. The summed E-state index contributed by atoms with van der Waals surface area (Å²) in [6.07, 6.45) is 2.04. The maximum atomic E-state index is 11.7. The number of rotatable bonds is 12. The number of aromatic nitrogens is 1. The van der Waals surface area contributed by atoms with Gasteiger partial charge < -0.3 is 19.2 Å². The van der Waals surface area contributed by atoms with Gasteiger partial charge in [0.2, 0.25) is 0 Å². The summed E-state index contributed by atoms with van der Waals surface area (Å²) in [6.45, 7) is 3.04. The Labute approximate surface area is 264 Å². The first-order chi connectivity index (χ1) is 19.6. The molecule has 0 saturated carbocycles. The van der Waals surface area contributed by atoms with Crippen LogP contribution in [-0.2, 0) is 37.0 Å². The second kappa shape index (κ2) is 14.9. The second-order valence-electron chi connectivity index (χ2n) is 10.2. The van der Waals surface area contributed by atoms with Crippen molar-refractivity contribution in [3.8, 4) is 16.9 Å². The van der Waals surface area contributed by atoms with E-state index in [1.165, 1.54) is 33.6 Å². The van der Waals surface area contributed by atoms with Crippen molar-refractivity contribution in [1.29, 1.82) is 0 Å². The van der Waals surface area contributed by atoms with Gasteiger partial charge in [0.1, 0.15) is 11.9 Å². The van der Waals surface area contributed by atoms with E-state index in [0.717, 1.165) is 31.4 Å². The molecular weight excluding hydrogens is 517 g/mol. The van der Waals surface area contributed by atoms with E-state index in [1.807, 2.05) is 54.6 Å². The molecule has 5 aromatic rings. The van der Waals surface area contributed by atoms with Gasteiger partial charge in [0.05, 0.1) is 5.97 Å². The third-order valence-electron chi connectivity index (χ3n) is 7.39. The third-order valence-corrected chi connectivity index (χ3v) is 7.39. The van der Waals surface area contributed by atoms with Gasteiger partial charge in [0.25, 0.3) is 0 Å². The average Bonchev–Trinajstić information content (AvgIpc) is 3.35. The molecule has 4 aromatic carbocycles. The van der Waals surface area contributed by atoms with Crippen molar-refractivity contribution in [3.05, 3.63) is 149 Å². The van der Waals surface area contributed by atoms with Crippen LogP contribution in [0.1, 0.15) is 28.1 Å². The van der Waals surface area contributed by atoms with E-state index in [4.69, 9.17) is 4.74 Å². The first-order valence-electron chi connectivity index (χ1n) is 13.9. The maximum Gasteiger partial charge on any atom is 1.00 e. The van der Waals surface area contributed by atoms with Crippen LogP contribution in [0.15, 0.2) is 121 Å². The minimum Gasteiger partial charge on any atom is -0.546 e. The molecular formula is C36H34NNaO3. The molecule has 0 bridgehead atoms. The van der Waals surface area contributed by atoms with Gasteiger partial charge in [-0.3, -0.25) is 0 Å². The molecule has 1 aromatic heterocycles. The summed E-state index contributed by atoms with van der Waals surface area (Å²) in [7, 11) is 0. The molecule has 5 heteroatoms. The molecule has 41 heavy (non-hydrogen) atoms. The van der Waals surface area contributed by atoms with Crippen LogP contribution in [0.4, 0.5) is 0 Å². The number of aliphatic carboxylic acids is 1. The third kappa shape index (κ3) is 8.23. The van der Waals surface area contributed by atoms with E-state index in [-0.39, 0.29) is 36.0 Å². The summed E-state index contributed by atoms with van der Waals surface area (Å²) < 4.78 is 8.18. The van der Waals surface area contributed by atoms with Crippen LogP contribution in [0, 0.1) is 6.92 Å². The molecule has 0 spiro atoms. The van der Waals surface area contributed by atoms with Crippen molar-refractivity contribution >= 4 is 5.97 Å². The molecule has 0 radical (unpaired) electrons. The predicted molar refractivity (Wildman–Crippen MR) is 158 cm³/mol. The van der Waals surface area contributed by atoms with Gasteiger partial charge >= 0.3 is 29.6 Å². The Kier molecular flexibility index (Phi) is 11.0. The molecule has 0 aliphatic rings. The van der Waals surface area contributed by atoms with Crippen molar-refractivity contribution in [2.75, 3.05) is 0 Å². The largest absolute Gasteiger partial charge is 1.00 e.